The van der Waals surface area contributed by atoms with Gasteiger partial charge in [-0.3, -0.25) is 4.79 Å². The van der Waals surface area contributed by atoms with Gasteiger partial charge in [0.15, 0.2) is 11.5 Å². The average molecular weight is 340 g/mol. The summed E-state index contributed by atoms with van der Waals surface area (Å²) < 4.78 is 10.5. The number of hydrogen-bond acceptors (Lipinski definition) is 3. The van der Waals surface area contributed by atoms with Crippen LogP contribution in [0.5, 0.6) is 11.5 Å². The largest absolute Gasteiger partial charge is 0.454 e. The van der Waals surface area contributed by atoms with Gasteiger partial charge in [-0.2, -0.15) is 0 Å². The molecule has 1 amide bonds. The molecular formula is C15H18BrNO3. The fraction of sp³-hybridized carbons (Fsp3) is 0.533. The number of halogens is 1. The Kier molecular flexibility index (Phi) is 4.15. The predicted molar refractivity (Wildman–Crippen MR) is 79.5 cm³/mol. The van der Waals surface area contributed by atoms with Crippen LogP contribution in [0.4, 0.5) is 0 Å². The Morgan fingerprint density at radius 1 is 1.25 bits per heavy atom. The normalized spacial score (nSPS) is 23.9. The van der Waals surface area contributed by atoms with E-state index >= 15 is 0 Å². The van der Waals surface area contributed by atoms with Crippen molar-refractivity contribution in [3.8, 4) is 11.5 Å². The van der Waals surface area contributed by atoms with Gasteiger partial charge in [-0.15, -0.1) is 0 Å². The minimum atomic E-state index is -0.0384. The number of ether oxygens (including phenoxy) is 2. The van der Waals surface area contributed by atoms with Crippen LogP contribution in [0.1, 0.15) is 29.6 Å². The van der Waals surface area contributed by atoms with Crippen molar-refractivity contribution in [2.45, 2.75) is 19.3 Å². The lowest BCUT2D eigenvalue weighted by molar-refractivity contribution is 0.0944. The molecule has 20 heavy (non-hydrogen) atoms. The first-order valence-electron chi connectivity index (χ1n) is 7.01. The first-order valence-corrected chi connectivity index (χ1v) is 8.14. The standard InChI is InChI=1S/C15H18BrNO3/c16-7-11-2-1-3-12(11)8-17-15(18)10-4-5-13-14(6-10)20-9-19-13/h4-6,11-12H,1-3,7-9H2,(H,17,18). The lowest BCUT2D eigenvalue weighted by Crippen LogP contribution is -2.31. The number of hydrogen-bond donors (Lipinski definition) is 1. The Labute approximate surface area is 127 Å². The molecule has 2 aliphatic rings. The SMILES string of the molecule is O=C(NCC1CCCC1CBr)c1ccc2c(c1)OCO2. The maximum Gasteiger partial charge on any atom is 0.251 e. The van der Waals surface area contributed by atoms with E-state index in [1.165, 1.54) is 19.3 Å². The van der Waals surface area contributed by atoms with Crippen molar-refractivity contribution in [1.29, 1.82) is 0 Å². The van der Waals surface area contributed by atoms with E-state index in [9.17, 15) is 4.79 Å². The number of benzene rings is 1. The van der Waals surface area contributed by atoms with Crippen LogP contribution in [-0.2, 0) is 0 Å². The lowest BCUT2D eigenvalue weighted by Gasteiger charge is -2.17. The molecule has 108 valence electrons. The molecule has 0 aromatic heterocycles. The molecule has 0 saturated heterocycles. The van der Waals surface area contributed by atoms with Gasteiger partial charge in [0.05, 0.1) is 0 Å². The van der Waals surface area contributed by atoms with Crippen LogP contribution < -0.4 is 14.8 Å². The second-order valence-electron chi connectivity index (χ2n) is 5.38. The van der Waals surface area contributed by atoms with Crippen LogP contribution >= 0.6 is 15.9 Å². The second kappa shape index (κ2) is 6.04. The molecule has 0 bridgehead atoms. The van der Waals surface area contributed by atoms with Crippen LogP contribution in [0.25, 0.3) is 0 Å². The number of rotatable bonds is 4. The Hall–Kier alpha value is -1.23. The Balaban J connectivity index is 1.59. The smallest absolute Gasteiger partial charge is 0.251 e. The molecule has 1 aromatic rings. The first kappa shape index (κ1) is 13.7. The van der Waals surface area contributed by atoms with Gasteiger partial charge in [0.1, 0.15) is 0 Å². The van der Waals surface area contributed by atoms with Crippen molar-refractivity contribution in [1.82, 2.24) is 5.32 Å². The fourth-order valence-corrected chi connectivity index (χ4v) is 3.80. The molecule has 1 saturated carbocycles. The number of carbonyl (C=O) groups is 1. The first-order chi connectivity index (χ1) is 9.78. The number of fused-ring (bicyclic) bond motifs is 1. The van der Waals surface area contributed by atoms with Crippen molar-refractivity contribution >= 4 is 21.8 Å². The summed E-state index contributed by atoms with van der Waals surface area (Å²) in [6.45, 7) is 0.985. The van der Waals surface area contributed by atoms with Crippen LogP contribution in [0.15, 0.2) is 18.2 Å². The van der Waals surface area contributed by atoms with Crippen molar-refractivity contribution in [2.24, 2.45) is 11.8 Å². The molecule has 1 aromatic carbocycles. The van der Waals surface area contributed by atoms with E-state index in [4.69, 9.17) is 9.47 Å². The number of carbonyl (C=O) groups excluding carboxylic acids is 1. The molecular weight excluding hydrogens is 322 g/mol. The van der Waals surface area contributed by atoms with Crippen molar-refractivity contribution in [3.63, 3.8) is 0 Å². The van der Waals surface area contributed by atoms with Gasteiger partial charge in [0, 0.05) is 17.4 Å². The second-order valence-corrected chi connectivity index (χ2v) is 6.03. The van der Waals surface area contributed by atoms with E-state index in [-0.39, 0.29) is 12.7 Å². The van der Waals surface area contributed by atoms with Gasteiger partial charge >= 0.3 is 0 Å². The third kappa shape index (κ3) is 2.77. The Bertz CT molecular complexity index is 506. The topological polar surface area (TPSA) is 47.6 Å². The summed E-state index contributed by atoms with van der Waals surface area (Å²) in [4.78, 5) is 12.2. The van der Waals surface area contributed by atoms with Crippen molar-refractivity contribution in [2.75, 3.05) is 18.7 Å². The summed E-state index contributed by atoms with van der Waals surface area (Å²) in [5, 5.41) is 4.07. The number of nitrogens with one attached hydrogen (secondary N) is 1. The summed E-state index contributed by atoms with van der Waals surface area (Å²) in [5.41, 5.74) is 0.627. The highest BCUT2D eigenvalue weighted by Gasteiger charge is 2.26. The molecule has 1 N–H and O–H groups in total. The third-order valence-electron chi connectivity index (χ3n) is 4.17. The fourth-order valence-electron chi connectivity index (χ4n) is 2.95. The monoisotopic (exact) mass is 339 g/mol. The maximum absolute atomic E-state index is 12.2. The molecule has 4 nitrogen and oxygen atoms in total. The summed E-state index contributed by atoms with van der Waals surface area (Å²) in [6, 6.07) is 5.31. The quantitative estimate of drug-likeness (QED) is 0.858. The molecule has 1 fully saturated rings. The Morgan fingerprint density at radius 3 is 2.90 bits per heavy atom. The van der Waals surface area contributed by atoms with E-state index in [0.717, 1.165) is 11.9 Å². The highest BCUT2D eigenvalue weighted by molar-refractivity contribution is 9.09. The zero-order chi connectivity index (χ0) is 13.9. The Morgan fingerprint density at radius 2 is 2.05 bits per heavy atom. The molecule has 0 radical (unpaired) electrons. The highest BCUT2D eigenvalue weighted by Crippen LogP contribution is 2.33. The lowest BCUT2D eigenvalue weighted by atomic mass is 9.98. The average Bonchev–Trinajstić information content (AvgIpc) is 3.12. The van der Waals surface area contributed by atoms with Crippen molar-refractivity contribution in [3.05, 3.63) is 23.8 Å². The van der Waals surface area contributed by atoms with Crippen LogP contribution in [-0.4, -0.2) is 24.6 Å². The number of amides is 1. The minimum absolute atomic E-state index is 0.0384. The van der Waals surface area contributed by atoms with Gasteiger partial charge in [0.2, 0.25) is 6.79 Å². The van der Waals surface area contributed by atoms with Crippen LogP contribution in [0, 0.1) is 11.8 Å². The summed E-state index contributed by atoms with van der Waals surface area (Å²) in [6.07, 6.45) is 3.73. The van der Waals surface area contributed by atoms with Gasteiger partial charge in [-0.05, 0) is 42.9 Å². The third-order valence-corrected chi connectivity index (χ3v) is 5.01. The molecule has 1 aliphatic heterocycles. The molecule has 2 unspecified atom stereocenters. The van der Waals surface area contributed by atoms with Gasteiger partial charge in [-0.25, -0.2) is 0 Å². The van der Waals surface area contributed by atoms with Crippen LogP contribution in [0.3, 0.4) is 0 Å². The molecule has 1 aliphatic carbocycles. The van der Waals surface area contributed by atoms with E-state index in [1.807, 2.05) is 0 Å². The van der Waals surface area contributed by atoms with Gasteiger partial charge in [0.25, 0.3) is 5.91 Å². The predicted octanol–water partition coefficient (Wildman–Crippen LogP) is 2.96. The molecule has 5 heteroatoms. The van der Waals surface area contributed by atoms with E-state index < -0.39 is 0 Å². The summed E-state index contributed by atoms with van der Waals surface area (Å²) in [7, 11) is 0. The number of alkyl halides is 1. The molecule has 2 atom stereocenters. The van der Waals surface area contributed by atoms with Crippen molar-refractivity contribution < 1.29 is 14.3 Å². The molecule has 1 heterocycles. The zero-order valence-electron chi connectivity index (χ0n) is 11.2. The minimum Gasteiger partial charge on any atom is -0.454 e. The van der Waals surface area contributed by atoms with E-state index in [0.29, 0.717) is 28.9 Å². The molecule has 0 spiro atoms. The van der Waals surface area contributed by atoms with Gasteiger partial charge in [-0.1, -0.05) is 22.4 Å². The zero-order valence-corrected chi connectivity index (χ0v) is 12.8. The summed E-state index contributed by atoms with van der Waals surface area (Å²) in [5.74, 6) is 2.59. The van der Waals surface area contributed by atoms with E-state index in [2.05, 4.69) is 21.2 Å². The summed E-state index contributed by atoms with van der Waals surface area (Å²) >= 11 is 3.56. The highest BCUT2D eigenvalue weighted by atomic mass is 79.9. The van der Waals surface area contributed by atoms with Gasteiger partial charge < -0.3 is 14.8 Å². The van der Waals surface area contributed by atoms with E-state index in [1.54, 1.807) is 18.2 Å². The molecule has 3 rings (SSSR count). The maximum atomic E-state index is 12.2. The van der Waals surface area contributed by atoms with Crippen LogP contribution in [0.2, 0.25) is 0 Å².